The average molecular weight is 814 g/mol. The molecule has 0 amide bonds. The third kappa shape index (κ3) is 6.34. The van der Waals surface area contributed by atoms with Crippen LogP contribution >= 0.6 is 0 Å². The molecule has 0 atom stereocenters. The minimum absolute atomic E-state index is 0.282. The van der Waals surface area contributed by atoms with Gasteiger partial charge in [-0.05, 0) is 5.56 Å². The van der Waals surface area contributed by atoms with Gasteiger partial charge in [-0.15, -0.1) is 21.9 Å². The smallest absolute Gasteiger partial charge is 0.200 e. The molecular formula is C33H11BF20O. The van der Waals surface area contributed by atoms with E-state index in [-0.39, 0.29) is 6.61 Å². The Kier molecular flexibility index (Phi) is 11.7. The van der Waals surface area contributed by atoms with Gasteiger partial charge in [0.05, 0.1) is 0 Å². The second-order valence-corrected chi connectivity index (χ2v) is 10.9. The zero-order valence-corrected chi connectivity index (χ0v) is 25.9. The van der Waals surface area contributed by atoms with Crippen molar-refractivity contribution in [2.75, 3.05) is 6.61 Å². The van der Waals surface area contributed by atoms with Crippen molar-refractivity contribution >= 4 is 33.6 Å². The Morgan fingerprint density at radius 1 is 0.345 bits per heavy atom. The summed E-state index contributed by atoms with van der Waals surface area (Å²) in [6.07, 6.45) is -7.22. The van der Waals surface area contributed by atoms with Gasteiger partial charge in [0, 0.05) is 5.57 Å². The van der Waals surface area contributed by atoms with Crippen LogP contribution in [0.15, 0.2) is 36.9 Å². The molecule has 0 heterocycles. The Labute approximate surface area is 292 Å². The molecule has 0 aromatic heterocycles. The molecular weight excluding hydrogens is 803 g/mol. The van der Waals surface area contributed by atoms with E-state index in [1.807, 2.05) is 30.3 Å². The van der Waals surface area contributed by atoms with E-state index in [9.17, 15) is 52.7 Å². The summed E-state index contributed by atoms with van der Waals surface area (Å²) >= 11 is 0. The third-order valence-corrected chi connectivity index (χ3v) is 8.10. The van der Waals surface area contributed by atoms with Crippen molar-refractivity contribution < 1.29 is 92.9 Å². The highest BCUT2D eigenvalue weighted by Gasteiger charge is 2.52. The molecule has 292 valence electrons. The first kappa shape index (κ1) is 42.2. The fourth-order valence-corrected chi connectivity index (χ4v) is 5.65. The maximum absolute atomic E-state index is 15.4. The number of rotatable bonds is 6. The quantitative estimate of drug-likeness (QED) is 0.0567. The van der Waals surface area contributed by atoms with Crippen molar-refractivity contribution in [3.05, 3.63) is 159 Å². The molecule has 0 fully saturated rings. The van der Waals surface area contributed by atoms with Gasteiger partial charge in [-0.25, -0.2) is 87.8 Å². The van der Waals surface area contributed by atoms with Crippen molar-refractivity contribution in [1.82, 2.24) is 0 Å². The Hall–Kier alpha value is -5.54. The number of hydrogen-bond donors (Lipinski definition) is 0. The molecule has 0 saturated carbocycles. The summed E-state index contributed by atoms with van der Waals surface area (Å²) in [6, 6.07) is 9.81. The predicted octanol–water partition coefficient (Wildman–Crippen LogP) is 7.27. The first-order valence-electron chi connectivity index (χ1n) is 14.2. The van der Waals surface area contributed by atoms with Crippen LogP contribution in [0.25, 0.3) is 5.57 Å². The Morgan fingerprint density at radius 2 is 0.527 bits per heavy atom. The van der Waals surface area contributed by atoms with Crippen molar-refractivity contribution in [1.29, 1.82) is 0 Å². The summed E-state index contributed by atoms with van der Waals surface area (Å²) in [4.78, 5) is 0. The van der Waals surface area contributed by atoms with Gasteiger partial charge in [-0.1, -0.05) is 36.9 Å². The van der Waals surface area contributed by atoms with E-state index < -0.39 is 144 Å². The molecule has 5 aromatic carbocycles. The summed E-state index contributed by atoms with van der Waals surface area (Å²) in [5, 5.41) is 7.05. The maximum atomic E-state index is 15.4. The number of benzene rings is 5. The molecule has 22 heteroatoms. The highest BCUT2D eigenvalue weighted by molar-refractivity contribution is 7.20. The predicted molar refractivity (Wildman–Crippen MR) is 153 cm³/mol. The monoisotopic (exact) mass is 814 g/mol. The van der Waals surface area contributed by atoms with Gasteiger partial charge in [-0.2, -0.15) is 0 Å². The normalized spacial score (nSPS) is 11.5. The zero-order chi connectivity index (χ0) is 41.8. The summed E-state index contributed by atoms with van der Waals surface area (Å²) in [5.74, 6) is -71.4. The first-order chi connectivity index (χ1) is 25.5. The topological polar surface area (TPSA) is 22.9 Å². The summed E-state index contributed by atoms with van der Waals surface area (Å²) in [7, 11) is 0. The van der Waals surface area contributed by atoms with Gasteiger partial charge in [0.25, 0.3) is 0 Å². The van der Waals surface area contributed by atoms with E-state index in [0.717, 1.165) is 11.1 Å². The van der Waals surface area contributed by atoms with Crippen LogP contribution in [0.2, 0.25) is 0 Å². The molecule has 0 aliphatic rings. The molecule has 5 aromatic rings. The lowest BCUT2D eigenvalue weighted by Crippen LogP contribution is -2.81. The average Bonchev–Trinajstić information content (AvgIpc) is 3.17. The lowest BCUT2D eigenvalue weighted by Gasteiger charge is -2.44. The fourth-order valence-electron chi connectivity index (χ4n) is 5.65. The van der Waals surface area contributed by atoms with E-state index in [1.54, 1.807) is 0 Å². The SMILES string of the molecule is C=C(C[OH2+])c1ccccc1.Fc1c(F)c(F)c([B-](c2c(F)c(F)c(F)c(F)c2F)(c2c(F)c(F)c(F)c(F)c2F)c2c(F)c(F)c(F)c(F)c2F)c(F)c1F. The van der Waals surface area contributed by atoms with Crippen LogP contribution < -0.4 is 21.9 Å². The van der Waals surface area contributed by atoms with Gasteiger partial charge >= 0.3 is 0 Å². The van der Waals surface area contributed by atoms with Crippen LogP contribution in [-0.4, -0.2) is 17.9 Å². The van der Waals surface area contributed by atoms with Crippen LogP contribution in [0.4, 0.5) is 87.8 Å². The van der Waals surface area contributed by atoms with Crippen LogP contribution in [0.5, 0.6) is 0 Å². The molecule has 55 heavy (non-hydrogen) atoms. The Bertz CT molecular complexity index is 2000. The van der Waals surface area contributed by atoms with E-state index in [1.165, 1.54) is 0 Å². The van der Waals surface area contributed by atoms with Gasteiger partial charge < -0.3 is 5.11 Å². The van der Waals surface area contributed by atoms with Crippen LogP contribution in [-0.2, 0) is 0 Å². The van der Waals surface area contributed by atoms with E-state index in [4.69, 9.17) is 5.11 Å². The zero-order valence-electron chi connectivity index (χ0n) is 25.9. The molecule has 0 radical (unpaired) electrons. The lowest BCUT2D eigenvalue weighted by atomic mass is 9.12. The Balaban J connectivity index is 0.000000583. The van der Waals surface area contributed by atoms with E-state index in [0.29, 0.717) is 0 Å². The van der Waals surface area contributed by atoms with Crippen molar-refractivity contribution in [2.45, 2.75) is 0 Å². The highest BCUT2D eigenvalue weighted by atomic mass is 19.2. The van der Waals surface area contributed by atoms with Crippen molar-refractivity contribution in [3.8, 4) is 0 Å². The van der Waals surface area contributed by atoms with Gasteiger partial charge in [0.2, 0.25) is 0 Å². The van der Waals surface area contributed by atoms with Gasteiger partial charge in [0.1, 0.15) is 52.7 Å². The summed E-state index contributed by atoms with van der Waals surface area (Å²) in [5.41, 5.74) is -12.4. The van der Waals surface area contributed by atoms with Crippen molar-refractivity contribution in [2.24, 2.45) is 0 Å². The van der Waals surface area contributed by atoms with Crippen LogP contribution in [0.3, 0.4) is 0 Å². The molecule has 2 N–H and O–H groups in total. The molecule has 5 rings (SSSR count). The molecule has 0 saturated heterocycles. The number of halogens is 20. The van der Waals surface area contributed by atoms with Crippen molar-refractivity contribution in [3.63, 3.8) is 0 Å². The van der Waals surface area contributed by atoms with Gasteiger partial charge in [-0.3, -0.25) is 0 Å². The lowest BCUT2D eigenvalue weighted by molar-refractivity contribution is 0.350. The fraction of sp³-hybridized carbons (Fsp3) is 0.0303. The molecule has 0 bridgehead atoms. The highest BCUT2D eigenvalue weighted by Crippen LogP contribution is 2.30. The van der Waals surface area contributed by atoms with Gasteiger partial charge in [0.15, 0.2) is 76.4 Å². The number of hydrogen-bond acceptors (Lipinski definition) is 0. The van der Waals surface area contributed by atoms with E-state index in [2.05, 4.69) is 6.58 Å². The minimum atomic E-state index is -7.22. The minimum Gasteiger partial charge on any atom is -0.442 e. The van der Waals surface area contributed by atoms with Crippen LogP contribution in [0, 0.1) is 116 Å². The molecule has 0 aliphatic carbocycles. The second-order valence-electron chi connectivity index (χ2n) is 10.9. The molecule has 0 spiro atoms. The first-order valence-corrected chi connectivity index (χ1v) is 14.2. The molecule has 1 nitrogen and oxygen atoms in total. The summed E-state index contributed by atoms with van der Waals surface area (Å²) in [6.45, 7) is 4.04. The standard InChI is InChI=1S/C24BF20.C9H10O/c26-5-1(6(27)14(35)21(42)13(5)34)25(2-7(28)15(36)22(43)16(37)8(2)29,3-9(30)17(38)23(44)18(39)10(3)31)4-11(32)19(40)24(45)20(41)12(4)33;1-8(7-10)9-5-3-2-4-6-9/h;2-6,10H,1,7H2/q-1;/p+1. The van der Waals surface area contributed by atoms with E-state index >= 15 is 35.1 Å². The molecule has 0 unspecified atom stereocenters. The maximum Gasteiger partial charge on any atom is 0.200 e. The molecule has 0 aliphatic heterocycles. The third-order valence-electron chi connectivity index (χ3n) is 8.10. The second kappa shape index (κ2) is 15.3. The van der Waals surface area contributed by atoms with Crippen LogP contribution in [0.1, 0.15) is 5.56 Å². The largest absolute Gasteiger partial charge is 0.442 e. The Morgan fingerprint density at radius 3 is 0.709 bits per heavy atom. The summed E-state index contributed by atoms with van der Waals surface area (Å²) < 4.78 is 294.